The number of carbonyl (C=O) groups is 1. The molecule has 0 bridgehead atoms. The fourth-order valence-corrected chi connectivity index (χ4v) is 4.92. The maximum atomic E-state index is 12.5. The summed E-state index contributed by atoms with van der Waals surface area (Å²) in [6.07, 6.45) is 1.86. The van der Waals surface area contributed by atoms with Crippen LogP contribution >= 0.6 is 22.9 Å². The van der Waals surface area contributed by atoms with Crippen LogP contribution in [0.3, 0.4) is 0 Å². The van der Waals surface area contributed by atoms with Crippen molar-refractivity contribution in [3.63, 3.8) is 0 Å². The molecule has 1 aliphatic carbocycles. The molecule has 1 aromatic heterocycles. The maximum absolute atomic E-state index is 12.5. The van der Waals surface area contributed by atoms with Crippen LogP contribution in [0, 0.1) is 0 Å². The summed E-state index contributed by atoms with van der Waals surface area (Å²) in [7, 11) is -3.73. The number of thiophene rings is 1. The Kier molecular flexibility index (Phi) is 4.35. The van der Waals surface area contributed by atoms with Gasteiger partial charge in [0.1, 0.15) is 4.21 Å². The second-order valence-electron chi connectivity index (χ2n) is 5.30. The van der Waals surface area contributed by atoms with E-state index in [0.717, 1.165) is 24.2 Å². The van der Waals surface area contributed by atoms with Crippen molar-refractivity contribution in [2.24, 2.45) is 0 Å². The summed E-state index contributed by atoms with van der Waals surface area (Å²) < 4.78 is 28.1. The van der Waals surface area contributed by atoms with Gasteiger partial charge in [-0.25, -0.2) is 8.42 Å². The van der Waals surface area contributed by atoms with Crippen LogP contribution in [0.5, 0.6) is 0 Å². The zero-order valence-electron chi connectivity index (χ0n) is 12.3. The van der Waals surface area contributed by atoms with Gasteiger partial charge in [-0.3, -0.25) is 9.52 Å². The van der Waals surface area contributed by atoms with E-state index in [1.54, 1.807) is 35.2 Å². The SMILES string of the molecule is CC(=O)N(c1ccccc1NS(=O)(=O)c1ccc(Cl)s1)C1CC1. The van der Waals surface area contributed by atoms with Gasteiger partial charge >= 0.3 is 0 Å². The summed E-state index contributed by atoms with van der Waals surface area (Å²) in [5.41, 5.74) is 0.966. The highest BCUT2D eigenvalue weighted by molar-refractivity contribution is 7.94. The first kappa shape index (κ1) is 16.3. The lowest BCUT2D eigenvalue weighted by atomic mass is 10.2. The molecule has 1 aromatic carbocycles. The molecule has 122 valence electrons. The second-order valence-corrected chi connectivity index (χ2v) is 8.93. The summed E-state index contributed by atoms with van der Waals surface area (Å²) in [4.78, 5) is 13.6. The Bertz CT molecular complexity index is 844. The van der Waals surface area contributed by atoms with E-state index in [9.17, 15) is 13.2 Å². The molecule has 23 heavy (non-hydrogen) atoms. The Labute approximate surface area is 143 Å². The van der Waals surface area contributed by atoms with Crippen LogP contribution in [0.4, 0.5) is 11.4 Å². The normalized spacial score (nSPS) is 14.5. The number of carbonyl (C=O) groups excluding carboxylic acids is 1. The van der Waals surface area contributed by atoms with Gasteiger partial charge in [-0.2, -0.15) is 0 Å². The molecule has 1 saturated carbocycles. The van der Waals surface area contributed by atoms with Gasteiger partial charge in [0.25, 0.3) is 10.0 Å². The number of amides is 1. The minimum absolute atomic E-state index is 0.0988. The predicted octanol–water partition coefficient (Wildman–Crippen LogP) is 3.72. The van der Waals surface area contributed by atoms with Gasteiger partial charge in [0.2, 0.25) is 5.91 Å². The average Bonchev–Trinajstić information content (AvgIpc) is 3.20. The molecule has 0 radical (unpaired) electrons. The Hall–Kier alpha value is -1.57. The van der Waals surface area contributed by atoms with Crippen molar-refractivity contribution in [3.8, 4) is 0 Å². The van der Waals surface area contributed by atoms with E-state index in [4.69, 9.17) is 11.6 Å². The summed E-state index contributed by atoms with van der Waals surface area (Å²) >= 11 is 6.80. The minimum Gasteiger partial charge on any atom is -0.308 e. The molecule has 1 fully saturated rings. The standard InChI is InChI=1S/C15H15ClN2O3S2/c1-10(19)18(11-6-7-11)13-5-3-2-4-12(13)17-23(20,21)15-9-8-14(16)22-15/h2-5,8-9,11,17H,6-7H2,1H3. The zero-order valence-corrected chi connectivity index (χ0v) is 14.7. The number of hydrogen-bond donors (Lipinski definition) is 1. The van der Waals surface area contributed by atoms with Crippen LogP contribution in [-0.2, 0) is 14.8 Å². The van der Waals surface area contributed by atoms with Gasteiger partial charge in [-0.15, -0.1) is 11.3 Å². The number of sulfonamides is 1. The number of halogens is 1. The summed E-state index contributed by atoms with van der Waals surface area (Å²) in [6.45, 7) is 1.49. The van der Waals surface area contributed by atoms with E-state index < -0.39 is 10.0 Å². The predicted molar refractivity (Wildman–Crippen MR) is 92.8 cm³/mol. The fraction of sp³-hybridized carbons (Fsp3) is 0.267. The molecule has 5 nitrogen and oxygen atoms in total. The largest absolute Gasteiger partial charge is 0.308 e. The zero-order chi connectivity index (χ0) is 16.6. The number of rotatable bonds is 5. The number of nitrogens with zero attached hydrogens (tertiary/aromatic N) is 1. The van der Waals surface area contributed by atoms with E-state index in [1.165, 1.54) is 13.0 Å². The van der Waals surface area contributed by atoms with E-state index in [1.807, 2.05) is 0 Å². The van der Waals surface area contributed by atoms with Crippen molar-refractivity contribution in [2.75, 3.05) is 9.62 Å². The Balaban J connectivity index is 1.96. The summed E-state index contributed by atoms with van der Waals surface area (Å²) in [5, 5.41) is 0. The number of nitrogens with one attached hydrogen (secondary N) is 1. The third-order valence-corrected chi connectivity index (χ3v) is 6.56. The molecule has 0 aliphatic heterocycles. The first-order chi connectivity index (χ1) is 10.9. The number of benzene rings is 1. The van der Waals surface area contributed by atoms with Crippen LogP contribution in [-0.4, -0.2) is 20.4 Å². The molecule has 0 spiro atoms. The van der Waals surface area contributed by atoms with E-state index in [0.29, 0.717) is 15.7 Å². The molecular formula is C15H15ClN2O3S2. The highest BCUT2D eigenvalue weighted by Crippen LogP contribution is 2.37. The van der Waals surface area contributed by atoms with Gasteiger partial charge in [0, 0.05) is 13.0 Å². The maximum Gasteiger partial charge on any atom is 0.271 e. The molecule has 1 heterocycles. The fourth-order valence-electron chi connectivity index (χ4n) is 2.36. The Morgan fingerprint density at radius 3 is 2.52 bits per heavy atom. The van der Waals surface area contributed by atoms with Gasteiger partial charge < -0.3 is 4.90 Å². The van der Waals surface area contributed by atoms with Crippen LogP contribution in [0.1, 0.15) is 19.8 Å². The van der Waals surface area contributed by atoms with E-state index in [-0.39, 0.29) is 16.2 Å². The molecule has 1 N–H and O–H groups in total. The molecule has 0 atom stereocenters. The van der Waals surface area contributed by atoms with Crippen molar-refractivity contribution in [3.05, 3.63) is 40.7 Å². The third-order valence-electron chi connectivity index (χ3n) is 3.47. The van der Waals surface area contributed by atoms with Crippen LogP contribution in [0.2, 0.25) is 4.34 Å². The van der Waals surface area contributed by atoms with Gasteiger partial charge in [0.15, 0.2) is 0 Å². The quantitative estimate of drug-likeness (QED) is 0.872. The highest BCUT2D eigenvalue weighted by atomic mass is 35.5. The molecule has 1 aliphatic rings. The first-order valence-electron chi connectivity index (χ1n) is 7.05. The van der Waals surface area contributed by atoms with Gasteiger partial charge in [0.05, 0.1) is 15.7 Å². The second kappa shape index (κ2) is 6.14. The van der Waals surface area contributed by atoms with Crippen molar-refractivity contribution in [2.45, 2.75) is 30.0 Å². The number of para-hydroxylation sites is 2. The van der Waals surface area contributed by atoms with Crippen molar-refractivity contribution in [1.29, 1.82) is 0 Å². The smallest absolute Gasteiger partial charge is 0.271 e. The van der Waals surface area contributed by atoms with E-state index >= 15 is 0 Å². The van der Waals surface area contributed by atoms with Crippen LogP contribution in [0.15, 0.2) is 40.6 Å². The highest BCUT2D eigenvalue weighted by Gasteiger charge is 2.33. The number of hydrogen-bond acceptors (Lipinski definition) is 4. The molecule has 2 aromatic rings. The molecule has 0 saturated heterocycles. The summed E-state index contributed by atoms with van der Waals surface area (Å²) in [6, 6.07) is 10.1. The Morgan fingerprint density at radius 2 is 1.96 bits per heavy atom. The lowest BCUT2D eigenvalue weighted by Crippen LogP contribution is -2.31. The lowest BCUT2D eigenvalue weighted by Gasteiger charge is -2.24. The summed E-state index contributed by atoms with van der Waals surface area (Å²) in [5.74, 6) is -0.0988. The molecule has 1 amide bonds. The monoisotopic (exact) mass is 370 g/mol. The Morgan fingerprint density at radius 1 is 1.26 bits per heavy atom. The van der Waals surface area contributed by atoms with Gasteiger partial charge in [-0.1, -0.05) is 23.7 Å². The van der Waals surface area contributed by atoms with Gasteiger partial charge in [-0.05, 0) is 37.1 Å². The van der Waals surface area contributed by atoms with Crippen molar-refractivity contribution in [1.82, 2.24) is 0 Å². The van der Waals surface area contributed by atoms with Crippen molar-refractivity contribution < 1.29 is 13.2 Å². The first-order valence-corrected chi connectivity index (χ1v) is 9.73. The minimum atomic E-state index is -3.73. The van der Waals surface area contributed by atoms with Crippen LogP contribution in [0.25, 0.3) is 0 Å². The van der Waals surface area contributed by atoms with Crippen molar-refractivity contribution >= 4 is 50.2 Å². The molecule has 0 unspecified atom stereocenters. The molecular weight excluding hydrogens is 356 g/mol. The third kappa shape index (κ3) is 3.52. The molecule has 8 heteroatoms. The number of anilines is 2. The van der Waals surface area contributed by atoms with E-state index in [2.05, 4.69) is 4.72 Å². The molecule has 3 rings (SSSR count). The van der Waals surface area contributed by atoms with Crippen LogP contribution < -0.4 is 9.62 Å². The average molecular weight is 371 g/mol. The lowest BCUT2D eigenvalue weighted by molar-refractivity contribution is -0.116. The topological polar surface area (TPSA) is 66.5 Å².